The van der Waals surface area contributed by atoms with Crippen LogP contribution < -0.4 is 4.90 Å². The van der Waals surface area contributed by atoms with Gasteiger partial charge in [-0.05, 0) is 51.0 Å². The number of hydrogen-bond donors (Lipinski definition) is 0. The summed E-state index contributed by atoms with van der Waals surface area (Å²) in [4.78, 5) is 21.4. The number of fused-ring (bicyclic) bond motifs is 1. The first kappa shape index (κ1) is 19.1. The molecule has 2 heterocycles. The Morgan fingerprint density at radius 3 is 2.62 bits per heavy atom. The Balaban J connectivity index is 1.97. The van der Waals surface area contributed by atoms with Crippen molar-refractivity contribution in [3.8, 4) is 0 Å². The molecule has 0 aliphatic carbocycles. The molecule has 0 atom stereocenters. The molecule has 3 rings (SSSR count). The molecule has 140 valence electrons. The van der Waals surface area contributed by atoms with Gasteiger partial charge in [-0.15, -0.1) is 0 Å². The van der Waals surface area contributed by atoms with E-state index >= 15 is 0 Å². The third kappa shape index (κ3) is 3.86. The van der Waals surface area contributed by atoms with Crippen molar-refractivity contribution >= 4 is 38.5 Å². The van der Waals surface area contributed by atoms with Crippen LogP contribution in [0.3, 0.4) is 0 Å². The molecule has 0 spiro atoms. The number of likely N-dealkylation sites (tertiary alicyclic amines) is 1. The first-order chi connectivity index (χ1) is 12.4. The van der Waals surface area contributed by atoms with Gasteiger partial charge in [0.25, 0.3) is 0 Å². The number of aromatic nitrogens is 1. The molecular formula is C20H26BrN3O2. The number of ether oxygens (including phenoxy) is 1. The van der Waals surface area contributed by atoms with Crippen molar-refractivity contribution in [1.29, 1.82) is 0 Å². The molecule has 0 N–H and O–H groups in total. The number of benzene rings is 1. The molecule has 1 aromatic carbocycles. The highest BCUT2D eigenvalue weighted by Crippen LogP contribution is 2.32. The Morgan fingerprint density at radius 2 is 2.00 bits per heavy atom. The van der Waals surface area contributed by atoms with Crippen molar-refractivity contribution in [2.24, 2.45) is 0 Å². The van der Waals surface area contributed by atoms with E-state index in [0.717, 1.165) is 47.0 Å². The van der Waals surface area contributed by atoms with Gasteiger partial charge in [0.1, 0.15) is 0 Å². The van der Waals surface area contributed by atoms with Gasteiger partial charge in [0.15, 0.2) is 5.69 Å². The van der Waals surface area contributed by atoms with E-state index in [9.17, 15) is 4.79 Å². The summed E-state index contributed by atoms with van der Waals surface area (Å²) < 4.78 is 5.90. The van der Waals surface area contributed by atoms with Crippen LogP contribution in [0.15, 0.2) is 28.7 Å². The minimum Gasteiger partial charge on any atom is -0.464 e. The van der Waals surface area contributed by atoms with Crippen LogP contribution in [0, 0.1) is 0 Å². The number of halogens is 1. The van der Waals surface area contributed by atoms with Gasteiger partial charge in [0.2, 0.25) is 0 Å². The fourth-order valence-electron chi connectivity index (χ4n) is 3.67. The third-order valence-corrected chi connectivity index (χ3v) is 5.79. The predicted octanol–water partition coefficient (Wildman–Crippen LogP) is 4.09. The maximum Gasteiger partial charge on any atom is 0.356 e. The predicted molar refractivity (Wildman–Crippen MR) is 109 cm³/mol. The van der Waals surface area contributed by atoms with Crippen LogP contribution in [0.1, 0.15) is 37.2 Å². The van der Waals surface area contributed by atoms with Gasteiger partial charge in [0, 0.05) is 47.8 Å². The van der Waals surface area contributed by atoms with Gasteiger partial charge in [-0.1, -0.05) is 15.9 Å². The Hall–Kier alpha value is -1.66. The van der Waals surface area contributed by atoms with Crippen molar-refractivity contribution in [1.82, 2.24) is 9.88 Å². The number of carbonyl (C=O) groups is 1. The van der Waals surface area contributed by atoms with Crippen molar-refractivity contribution in [3.05, 3.63) is 34.4 Å². The van der Waals surface area contributed by atoms with Crippen LogP contribution in [0.5, 0.6) is 0 Å². The normalized spacial score (nSPS) is 16.2. The SMILES string of the molecule is COC(=O)c1cc(N(C)C2CCN(C(C)C)CC2)c2cc(Br)ccc2n1. The lowest BCUT2D eigenvalue weighted by Crippen LogP contribution is -2.45. The van der Waals surface area contributed by atoms with Crippen LogP contribution in [0.2, 0.25) is 0 Å². The number of hydrogen-bond acceptors (Lipinski definition) is 5. The number of pyridine rings is 1. The molecule has 1 aliphatic rings. The summed E-state index contributed by atoms with van der Waals surface area (Å²) in [6.07, 6.45) is 2.22. The highest BCUT2D eigenvalue weighted by atomic mass is 79.9. The second-order valence-electron chi connectivity index (χ2n) is 7.15. The number of nitrogens with zero attached hydrogens (tertiary/aromatic N) is 3. The number of piperidine rings is 1. The zero-order valence-electron chi connectivity index (χ0n) is 15.8. The molecule has 0 radical (unpaired) electrons. The van der Waals surface area contributed by atoms with Crippen LogP contribution in [0.25, 0.3) is 10.9 Å². The molecule has 26 heavy (non-hydrogen) atoms. The molecule has 5 nitrogen and oxygen atoms in total. The summed E-state index contributed by atoms with van der Waals surface area (Å²) in [5.41, 5.74) is 2.18. The summed E-state index contributed by atoms with van der Waals surface area (Å²) in [7, 11) is 3.51. The van der Waals surface area contributed by atoms with E-state index < -0.39 is 5.97 Å². The second kappa shape index (κ2) is 7.92. The van der Waals surface area contributed by atoms with E-state index in [1.54, 1.807) is 0 Å². The molecule has 1 fully saturated rings. The molecule has 6 heteroatoms. The molecular weight excluding hydrogens is 394 g/mol. The van der Waals surface area contributed by atoms with Crippen LogP contribution >= 0.6 is 15.9 Å². The van der Waals surface area contributed by atoms with E-state index in [0.29, 0.717) is 17.8 Å². The van der Waals surface area contributed by atoms with E-state index in [-0.39, 0.29) is 0 Å². The lowest BCUT2D eigenvalue weighted by Gasteiger charge is -2.39. The molecule has 1 saturated heterocycles. The highest BCUT2D eigenvalue weighted by Gasteiger charge is 2.25. The summed E-state index contributed by atoms with van der Waals surface area (Å²) in [5.74, 6) is -0.404. The topological polar surface area (TPSA) is 45.7 Å². The molecule has 0 bridgehead atoms. The monoisotopic (exact) mass is 419 g/mol. The van der Waals surface area contributed by atoms with Crippen LogP contribution in [-0.2, 0) is 4.74 Å². The van der Waals surface area contributed by atoms with Crippen molar-refractivity contribution in [2.75, 3.05) is 32.1 Å². The van der Waals surface area contributed by atoms with Gasteiger partial charge in [0.05, 0.1) is 12.6 Å². The van der Waals surface area contributed by atoms with Gasteiger partial charge >= 0.3 is 5.97 Å². The quantitative estimate of drug-likeness (QED) is 0.698. The minimum absolute atomic E-state index is 0.351. The first-order valence-corrected chi connectivity index (χ1v) is 9.85. The summed E-state index contributed by atoms with van der Waals surface area (Å²) in [5, 5.41) is 1.04. The van der Waals surface area contributed by atoms with E-state index in [1.807, 2.05) is 18.2 Å². The lowest BCUT2D eigenvalue weighted by molar-refractivity contribution is 0.0594. The Kier molecular flexibility index (Phi) is 5.82. The average Bonchev–Trinajstić information content (AvgIpc) is 2.66. The Morgan fingerprint density at radius 1 is 1.31 bits per heavy atom. The van der Waals surface area contributed by atoms with Crippen molar-refractivity contribution < 1.29 is 9.53 Å². The van der Waals surface area contributed by atoms with E-state index in [2.05, 4.69) is 57.7 Å². The standard InChI is InChI=1S/C20H26BrN3O2/c1-13(2)24-9-7-15(8-10-24)23(3)19-12-18(20(25)26-4)22-17-6-5-14(21)11-16(17)19/h5-6,11-13,15H,7-10H2,1-4H3. The molecule has 2 aromatic rings. The maximum atomic E-state index is 12.1. The number of anilines is 1. The Bertz CT molecular complexity index is 801. The molecule has 0 amide bonds. The maximum absolute atomic E-state index is 12.1. The van der Waals surface area contributed by atoms with Gasteiger partial charge in [-0.3, -0.25) is 0 Å². The number of esters is 1. The van der Waals surface area contributed by atoms with Gasteiger partial charge < -0.3 is 14.5 Å². The van der Waals surface area contributed by atoms with Crippen molar-refractivity contribution in [3.63, 3.8) is 0 Å². The van der Waals surface area contributed by atoms with E-state index in [4.69, 9.17) is 4.74 Å². The van der Waals surface area contributed by atoms with Gasteiger partial charge in [-0.25, -0.2) is 9.78 Å². The zero-order valence-corrected chi connectivity index (χ0v) is 17.4. The number of carbonyl (C=O) groups excluding carboxylic acids is 1. The lowest BCUT2D eigenvalue weighted by atomic mass is 10.0. The smallest absolute Gasteiger partial charge is 0.356 e. The molecule has 1 aromatic heterocycles. The summed E-state index contributed by atoms with van der Waals surface area (Å²) in [6, 6.07) is 8.84. The first-order valence-electron chi connectivity index (χ1n) is 9.06. The van der Waals surface area contributed by atoms with Gasteiger partial charge in [-0.2, -0.15) is 0 Å². The summed E-state index contributed by atoms with van der Waals surface area (Å²) in [6.45, 7) is 6.70. The van der Waals surface area contributed by atoms with Crippen LogP contribution in [0.4, 0.5) is 5.69 Å². The molecule has 0 saturated carbocycles. The average molecular weight is 420 g/mol. The van der Waals surface area contributed by atoms with Crippen LogP contribution in [-0.4, -0.2) is 55.2 Å². The minimum atomic E-state index is -0.404. The Labute approximate surface area is 163 Å². The molecule has 0 unspecified atom stereocenters. The number of rotatable bonds is 4. The highest BCUT2D eigenvalue weighted by molar-refractivity contribution is 9.10. The molecule has 1 aliphatic heterocycles. The second-order valence-corrected chi connectivity index (χ2v) is 8.07. The fraction of sp³-hybridized carbons (Fsp3) is 0.500. The number of methoxy groups -OCH3 is 1. The largest absolute Gasteiger partial charge is 0.464 e. The summed E-state index contributed by atoms with van der Waals surface area (Å²) >= 11 is 3.55. The fourth-order valence-corrected chi connectivity index (χ4v) is 4.03. The van der Waals surface area contributed by atoms with E-state index in [1.165, 1.54) is 7.11 Å². The van der Waals surface area contributed by atoms with Crippen molar-refractivity contribution in [2.45, 2.75) is 38.8 Å². The third-order valence-electron chi connectivity index (χ3n) is 5.30. The zero-order chi connectivity index (χ0) is 18.8.